The number of likely N-dealkylation sites (tertiary alicyclic amines) is 1. The smallest absolute Gasteiger partial charge is 0.00914 e. The minimum Gasteiger partial charge on any atom is -0.328 e. The lowest BCUT2D eigenvalue weighted by atomic mass is 10.1. The number of nitrogens with two attached hydrogens (primary N) is 1. The molecule has 0 aromatic rings. The number of hydrogen-bond donors (Lipinski definition) is 2. The molecular weight excluding hydrogens is 174 g/mol. The first kappa shape index (κ1) is 12.0. The number of piperidine rings is 1. The van der Waals surface area contributed by atoms with E-state index in [-0.39, 0.29) is 0 Å². The molecule has 1 aliphatic rings. The van der Waals surface area contributed by atoms with Crippen LogP contribution in [0, 0.1) is 0 Å². The molecule has 1 fully saturated rings. The first-order valence-corrected chi connectivity index (χ1v) is 5.86. The Balaban J connectivity index is 1.96. The Labute approximate surface area is 88.0 Å². The van der Waals surface area contributed by atoms with Crippen molar-refractivity contribution in [3.8, 4) is 0 Å². The first-order chi connectivity index (χ1) is 6.68. The standard InChI is InChI=1S/C11H25N3/c1-10(12)4-3-7-13-11-5-8-14(2)9-6-11/h10-11,13H,3-9,12H2,1-2H3. The molecule has 0 spiro atoms. The third-order valence-corrected chi connectivity index (χ3v) is 2.99. The summed E-state index contributed by atoms with van der Waals surface area (Å²) < 4.78 is 0. The predicted octanol–water partition coefficient (Wildman–Crippen LogP) is 0.798. The van der Waals surface area contributed by atoms with Gasteiger partial charge in [0.25, 0.3) is 0 Å². The Hall–Kier alpha value is -0.120. The highest BCUT2D eigenvalue weighted by atomic mass is 15.1. The molecule has 3 heteroatoms. The highest BCUT2D eigenvalue weighted by Gasteiger charge is 2.15. The minimum atomic E-state index is 0.356. The molecule has 0 amide bonds. The van der Waals surface area contributed by atoms with Crippen LogP contribution in [0.5, 0.6) is 0 Å². The number of nitrogens with one attached hydrogen (secondary N) is 1. The Morgan fingerprint density at radius 2 is 2.07 bits per heavy atom. The SMILES string of the molecule is CC(N)CCCNC1CCN(C)CC1. The van der Waals surface area contributed by atoms with Crippen molar-refractivity contribution in [1.82, 2.24) is 10.2 Å². The summed E-state index contributed by atoms with van der Waals surface area (Å²) in [6, 6.07) is 1.11. The molecule has 14 heavy (non-hydrogen) atoms. The third-order valence-electron chi connectivity index (χ3n) is 2.99. The minimum absolute atomic E-state index is 0.356. The fraction of sp³-hybridized carbons (Fsp3) is 1.00. The molecule has 1 atom stereocenters. The van der Waals surface area contributed by atoms with E-state index in [1.807, 2.05) is 0 Å². The summed E-state index contributed by atoms with van der Waals surface area (Å²) in [6.45, 7) is 5.70. The van der Waals surface area contributed by atoms with Gasteiger partial charge in [-0.05, 0) is 59.3 Å². The zero-order chi connectivity index (χ0) is 10.4. The first-order valence-electron chi connectivity index (χ1n) is 5.86. The summed E-state index contributed by atoms with van der Waals surface area (Å²) in [5.41, 5.74) is 5.70. The Morgan fingerprint density at radius 3 is 2.64 bits per heavy atom. The van der Waals surface area contributed by atoms with Gasteiger partial charge in [-0.2, -0.15) is 0 Å². The highest BCUT2D eigenvalue weighted by molar-refractivity contribution is 4.75. The van der Waals surface area contributed by atoms with Crippen molar-refractivity contribution in [3.05, 3.63) is 0 Å². The maximum Gasteiger partial charge on any atom is 0.00914 e. The van der Waals surface area contributed by atoms with E-state index >= 15 is 0 Å². The monoisotopic (exact) mass is 199 g/mol. The quantitative estimate of drug-likeness (QED) is 0.644. The van der Waals surface area contributed by atoms with Gasteiger partial charge in [-0.1, -0.05) is 0 Å². The Bertz CT molecular complexity index is 139. The molecule has 0 bridgehead atoms. The topological polar surface area (TPSA) is 41.3 Å². The van der Waals surface area contributed by atoms with Crippen LogP contribution in [0.25, 0.3) is 0 Å². The molecule has 0 aliphatic carbocycles. The highest BCUT2D eigenvalue weighted by Crippen LogP contribution is 2.08. The van der Waals surface area contributed by atoms with E-state index in [1.165, 1.54) is 32.4 Å². The average Bonchev–Trinajstić information content (AvgIpc) is 2.15. The molecule has 1 saturated heterocycles. The van der Waals surface area contributed by atoms with Crippen molar-refractivity contribution in [2.75, 3.05) is 26.7 Å². The van der Waals surface area contributed by atoms with Crippen molar-refractivity contribution >= 4 is 0 Å². The van der Waals surface area contributed by atoms with Gasteiger partial charge in [0.1, 0.15) is 0 Å². The number of rotatable bonds is 5. The maximum atomic E-state index is 5.70. The van der Waals surface area contributed by atoms with E-state index in [4.69, 9.17) is 5.73 Å². The molecular formula is C11H25N3. The summed E-state index contributed by atoms with van der Waals surface area (Å²) in [7, 11) is 2.20. The molecule has 0 radical (unpaired) electrons. The second kappa shape index (κ2) is 6.38. The number of hydrogen-bond acceptors (Lipinski definition) is 3. The second-order valence-electron chi connectivity index (χ2n) is 4.65. The van der Waals surface area contributed by atoms with Crippen molar-refractivity contribution < 1.29 is 0 Å². The van der Waals surface area contributed by atoms with Crippen LogP contribution in [0.1, 0.15) is 32.6 Å². The van der Waals surface area contributed by atoms with E-state index < -0.39 is 0 Å². The molecule has 1 rings (SSSR count). The van der Waals surface area contributed by atoms with E-state index in [9.17, 15) is 0 Å². The largest absolute Gasteiger partial charge is 0.328 e. The normalized spacial score (nSPS) is 22.5. The van der Waals surface area contributed by atoms with Crippen LogP contribution in [0.15, 0.2) is 0 Å². The molecule has 84 valence electrons. The molecule has 1 aliphatic heterocycles. The van der Waals surface area contributed by atoms with Gasteiger partial charge in [0.05, 0.1) is 0 Å². The van der Waals surface area contributed by atoms with Crippen molar-refractivity contribution in [1.29, 1.82) is 0 Å². The summed E-state index contributed by atoms with van der Waals surface area (Å²) in [4.78, 5) is 2.40. The summed E-state index contributed by atoms with van der Waals surface area (Å²) in [5, 5.41) is 3.62. The van der Waals surface area contributed by atoms with Gasteiger partial charge < -0.3 is 16.0 Å². The van der Waals surface area contributed by atoms with Crippen molar-refractivity contribution in [2.24, 2.45) is 5.73 Å². The van der Waals surface area contributed by atoms with Crippen LogP contribution < -0.4 is 11.1 Å². The molecule has 0 saturated carbocycles. The van der Waals surface area contributed by atoms with Gasteiger partial charge >= 0.3 is 0 Å². The van der Waals surface area contributed by atoms with Gasteiger partial charge in [-0.15, -0.1) is 0 Å². The lowest BCUT2D eigenvalue weighted by Gasteiger charge is -2.29. The zero-order valence-electron chi connectivity index (χ0n) is 9.63. The van der Waals surface area contributed by atoms with Crippen molar-refractivity contribution in [2.45, 2.75) is 44.7 Å². The van der Waals surface area contributed by atoms with Crippen molar-refractivity contribution in [3.63, 3.8) is 0 Å². The fourth-order valence-corrected chi connectivity index (χ4v) is 1.94. The van der Waals surface area contributed by atoms with E-state index in [0.717, 1.165) is 19.0 Å². The maximum absolute atomic E-state index is 5.70. The van der Waals surface area contributed by atoms with Crippen LogP contribution >= 0.6 is 0 Å². The predicted molar refractivity (Wildman–Crippen MR) is 61.4 cm³/mol. The average molecular weight is 199 g/mol. The van der Waals surface area contributed by atoms with Gasteiger partial charge in [-0.25, -0.2) is 0 Å². The molecule has 3 N–H and O–H groups in total. The second-order valence-corrected chi connectivity index (χ2v) is 4.65. The lowest BCUT2D eigenvalue weighted by Crippen LogP contribution is -2.41. The lowest BCUT2D eigenvalue weighted by molar-refractivity contribution is 0.234. The van der Waals surface area contributed by atoms with Gasteiger partial charge in [0, 0.05) is 12.1 Å². The zero-order valence-corrected chi connectivity index (χ0v) is 9.63. The van der Waals surface area contributed by atoms with Gasteiger partial charge in [-0.3, -0.25) is 0 Å². The van der Waals surface area contributed by atoms with E-state index in [1.54, 1.807) is 0 Å². The Kier molecular flexibility index (Phi) is 5.45. The van der Waals surface area contributed by atoms with Gasteiger partial charge in [0.15, 0.2) is 0 Å². The molecule has 1 heterocycles. The fourth-order valence-electron chi connectivity index (χ4n) is 1.94. The summed E-state index contributed by atoms with van der Waals surface area (Å²) in [6.07, 6.45) is 4.95. The third kappa shape index (κ3) is 4.94. The van der Waals surface area contributed by atoms with Crippen LogP contribution in [0.2, 0.25) is 0 Å². The van der Waals surface area contributed by atoms with Crippen LogP contribution in [0.4, 0.5) is 0 Å². The summed E-state index contributed by atoms with van der Waals surface area (Å²) >= 11 is 0. The van der Waals surface area contributed by atoms with E-state index in [2.05, 4.69) is 24.2 Å². The van der Waals surface area contributed by atoms with Gasteiger partial charge in [0.2, 0.25) is 0 Å². The molecule has 0 aromatic heterocycles. The number of nitrogens with zero attached hydrogens (tertiary/aromatic N) is 1. The molecule has 1 unspecified atom stereocenters. The molecule has 3 nitrogen and oxygen atoms in total. The Morgan fingerprint density at radius 1 is 1.43 bits per heavy atom. The summed E-state index contributed by atoms with van der Waals surface area (Å²) in [5.74, 6) is 0. The van der Waals surface area contributed by atoms with Crippen LogP contribution in [-0.2, 0) is 0 Å². The van der Waals surface area contributed by atoms with Crippen LogP contribution in [0.3, 0.4) is 0 Å². The van der Waals surface area contributed by atoms with E-state index in [0.29, 0.717) is 6.04 Å². The molecule has 0 aromatic carbocycles. The van der Waals surface area contributed by atoms with Crippen LogP contribution in [-0.4, -0.2) is 43.7 Å².